The van der Waals surface area contributed by atoms with Crippen LogP contribution in [0.2, 0.25) is 0 Å². The summed E-state index contributed by atoms with van der Waals surface area (Å²) in [5.74, 6) is 1.10. The molecule has 3 saturated heterocycles. The molecule has 0 aromatic heterocycles. The van der Waals surface area contributed by atoms with E-state index in [4.69, 9.17) is 0 Å². The summed E-state index contributed by atoms with van der Waals surface area (Å²) >= 11 is 0. The van der Waals surface area contributed by atoms with E-state index in [0.29, 0.717) is 11.8 Å². The molecule has 3 aliphatic heterocycles. The van der Waals surface area contributed by atoms with Crippen LogP contribution in [0.25, 0.3) is 0 Å². The average molecular weight is 412 g/mol. The number of nitrogens with zero attached hydrogens (tertiary/aromatic N) is 3. The zero-order valence-corrected chi connectivity index (χ0v) is 19.1. The number of hydrogen-bond donors (Lipinski definition) is 0. The minimum Gasteiger partial charge on any atom is -0.342 e. The number of piperidine rings is 1. The van der Waals surface area contributed by atoms with E-state index in [0.717, 1.165) is 70.6 Å². The lowest BCUT2D eigenvalue weighted by Gasteiger charge is -2.47. The van der Waals surface area contributed by atoms with Crippen molar-refractivity contribution in [1.82, 2.24) is 14.7 Å². The van der Waals surface area contributed by atoms with Crippen molar-refractivity contribution in [3.05, 3.63) is 35.4 Å². The fourth-order valence-electron chi connectivity index (χ4n) is 6.26. The number of likely N-dealkylation sites (tertiary alicyclic amines) is 3. The molecule has 0 saturated carbocycles. The van der Waals surface area contributed by atoms with Crippen LogP contribution >= 0.6 is 0 Å². The van der Waals surface area contributed by atoms with Gasteiger partial charge in [-0.25, -0.2) is 0 Å². The van der Waals surface area contributed by atoms with Crippen molar-refractivity contribution in [2.24, 2.45) is 16.7 Å². The first-order valence-electron chi connectivity index (χ1n) is 11.7. The van der Waals surface area contributed by atoms with Crippen LogP contribution in [0.3, 0.4) is 0 Å². The monoisotopic (exact) mass is 411 g/mol. The highest BCUT2D eigenvalue weighted by molar-refractivity contribution is 5.94. The van der Waals surface area contributed by atoms with Crippen LogP contribution in [0.4, 0.5) is 0 Å². The van der Waals surface area contributed by atoms with Gasteiger partial charge >= 0.3 is 0 Å². The largest absolute Gasteiger partial charge is 0.342 e. The van der Waals surface area contributed by atoms with Crippen molar-refractivity contribution in [2.75, 3.05) is 45.8 Å². The van der Waals surface area contributed by atoms with Crippen LogP contribution in [-0.2, 0) is 4.79 Å². The third kappa shape index (κ3) is 3.45. The van der Waals surface area contributed by atoms with Gasteiger partial charge in [0, 0.05) is 56.8 Å². The zero-order chi connectivity index (χ0) is 21.5. The van der Waals surface area contributed by atoms with Crippen molar-refractivity contribution < 1.29 is 9.59 Å². The topological polar surface area (TPSA) is 43.9 Å². The molecule has 3 fully saturated rings. The quantitative estimate of drug-likeness (QED) is 0.762. The van der Waals surface area contributed by atoms with Gasteiger partial charge in [-0.05, 0) is 51.2 Å². The first kappa shape index (κ1) is 21.4. The molecule has 30 heavy (non-hydrogen) atoms. The van der Waals surface area contributed by atoms with Crippen LogP contribution in [0.5, 0.6) is 0 Å². The molecule has 1 aromatic carbocycles. The molecule has 2 amide bonds. The Kier molecular flexibility index (Phi) is 5.69. The molecule has 0 radical (unpaired) electrons. The Balaban J connectivity index is 1.54. The van der Waals surface area contributed by atoms with Gasteiger partial charge in [0.2, 0.25) is 5.91 Å². The molecule has 5 heteroatoms. The molecule has 0 unspecified atom stereocenters. The molecule has 3 aliphatic rings. The summed E-state index contributed by atoms with van der Waals surface area (Å²) < 4.78 is 0. The Morgan fingerprint density at radius 3 is 2.27 bits per heavy atom. The van der Waals surface area contributed by atoms with Gasteiger partial charge in [-0.2, -0.15) is 0 Å². The first-order chi connectivity index (χ1) is 14.3. The number of fused-ring (bicyclic) bond motifs is 1. The maximum Gasteiger partial charge on any atom is 0.253 e. The predicted octanol–water partition coefficient (Wildman–Crippen LogP) is 3.43. The summed E-state index contributed by atoms with van der Waals surface area (Å²) in [7, 11) is 0. The average Bonchev–Trinajstić information content (AvgIpc) is 3.20. The van der Waals surface area contributed by atoms with Crippen LogP contribution < -0.4 is 0 Å². The van der Waals surface area contributed by atoms with Gasteiger partial charge in [-0.1, -0.05) is 31.5 Å². The van der Waals surface area contributed by atoms with E-state index in [1.54, 1.807) is 0 Å². The van der Waals surface area contributed by atoms with Crippen LogP contribution in [0, 0.1) is 23.7 Å². The number of carbonyl (C=O) groups is 2. The molecule has 1 atom stereocenters. The molecule has 4 rings (SSSR count). The zero-order valence-electron chi connectivity index (χ0n) is 19.1. The van der Waals surface area contributed by atoms with Crippen molar-refractivity contribution in [1.29, 1.82) is 0 Å². The standard InChI is InChI=1S/C25H37N3O2/c1-5-27-15-12-25(23(27)30)18-26(16-19(2)3)17-24(25)10-13-28(14-11-24)22(29)21-8-6-20(4)7-9-21/h6-9,19H,5,10-18H2,1-4H3/t25-/m1/s1. The molecule has 3 heterocycles. The van der Waals surface area contributed by atoms with E-state index in [1.807, 2.05) is 36.1 Å². The number of carbonyl (C=O) groups excluding carboxylic acids is 2. The summed E-state index contributed by atoms with van der Waals surface area (Å²) in [4.78, 5) is 33.2. The maximum absolute atomic E-state index is 13.6. The highest BCUT2D eigenvalue weighted by Gasteiger charge is 2.64. The molecular weight excluding hydrogens is 374 g/mol. The second kappa shape index (κ2) is 7.99. The number of rotatable bonds is 4. The molecule has 0 bridgehead atoms. The molecule has 5 nitrogen and oxygen atoms in total. The third-order valence-corrected chi connectivity index (χ3v) is 7.85. The van der Waals surface area contributed by atoms with Crippen LogP contribution in [-0.4, -0.2) is 72.3 Å². The van der Waals surface area contributed by atoms with Crippen molar-refractivity contribution >= 4 is 11.8 Å². The van der Waals surface area contributed by atoms with Gasteiger partial charge in [0.15, 0.2) is 0 Å². The van der Waals surface area contributed by atoms with E-state index in [9.17, 15) is 9.59 Å². The van der Waals surface area contributed by atoms with Crippen LogP contribution in [0.1, 0.15) is 56.0 Å². The minimum atomic E-state index is -0.253. The second-order valence-electron chi connectivity index (χ2n) is 10.2. The Bertz CT molecular complexity index is 795. The number of hydrogen-bond acceptors (Lipinski definition) is 3. The molecule has 0 aliphatic carbocycles. The van der Waals surface area contributed by atoms with Crippen LogP contribution in [0.15, 0.2) is 24.3 Å². The van der Waals surface area contributed by atoms with E-state index < -0.39 is 0 Å². The SMILES string of the molecule is CCN1CC[C@@]2(CN(CC(C)C)CC23CCN(C(=O)c2ccc(C)cc2)CC3)C1=O. The van der Waals surface area contributed by atoms with Gasteiger partial charge in [-0.15, -0.1) is 0 Å². The van der Waals surface area contributed by atoms with E-state index >= 15 is 0 Å². The lowest BCUT2D eigenvalue weighted by atomic mass is 9.60. The van der Waals surface area contributed by atoms with E-state index in [-0.39, 0.29) is 16.7 Å². The summed E-state index contributed by atoms with van der Waals surface area (Å²) in [6.07, 6.45) is 2.84. The predicted molar refractivity (Wildman–Crippen MR) is 119 cm³/mol. The summed E-state index contributed by atoms with van der Waals surface area (Å²) in [5, 5.41) is 0. The highest BCUT2D eigenvalue weighted by atomic mass is 16.2. The fourth-order valence-corrected chi connectivity index (χ4v) is 6.26. The Labute approximate surface area is 181 Å². The van der Waals surface area contributed by atoms with Gasteiger partial charge in [0.25, 0.3) is 5.91 Å². The normalized spacial score (nSPS) is 26.5. The van der Waals surface area contributed by atoms with E-state index in [2.05, 4.69) is 30.6 Å². The smallest absolute Gasteiger partial charge is 0.253 e. The van der Waals surface area contributed by atoms with Gasteiger partial charge in [0.1, 0.15) is 0 Å². The maximum atomic E-state index is 13.6. The van der Waals surface area contributed by atoms with Gasteiger partial charge in [-0.3, -0.25) is 9.59 Å². The first-order valence-corrected chi connectivity index (χ1v) is 11.7. The molecular formula is C25H37N3O2. The lowest BCUT2D eigenvalue weighted by molar-refractivity contribution is -0.141. The van der Waals surface area contributed by atoms with Crippen molar-refractivity contribution in [2.45, 2.75) is 47.0 Å². The Hall–Kier alpha value is -1.88. The number of amides is 2. The summed E-state index contributed by atoms with van der Waals surface area (Å²) in [5.41, 5.74) is 1.69. The lowest BCUT2D eigenvalue weighted by Crippen LogP contribution is -2.53. The van der Waals surface area contributed by atoms with Gasteiger partial charge < -0.3 is 14.7 Å². The molecule has 1 aromatic rings. The fraction of sp³-hybridized carbons (Fsp3) is 0.680. The van der Waals surface area contributed by atoms with Crippen molar-refractivity contribution in [3.63, 3.8) is 0 Å². The Morgan fingerprint density at radius 2 is 1.70 bits per heavy atom. The molecule has 0 N–H and O–H groups in total. The Morgan fingerprint density at radius 1 is 1.03 bits per heavy atom. The minimum absolute atomic E-state index is 0.00689. The second-order valence-corrected chi connectivity index (χ2v) is 10.2. The van der Waals surface area contributed by atoms with E-state index in [1.165, 1.54) is 5.56 Å². The molecule has 2 spiro atoms. The third-order valence-electron chi connectivity index (χ3n) is 7.85. The number of benzene rings is 1. The van der Waals surface area contributed by atoms with Crippen molar-refractivity contribution in [3.8, 4) is 0 Å². The summed E-state index contributed by atoms with van der Waals surface area (Å²) in [6, 6.07) is 7.88. The number of aryl methyl sites for hydroxylation is 1. The highest BCUT2D eigenvalue weighted by Crippen LogP contribution is 2.57. The molecule has 164 valence electrons. The summed E-state index contributed by atoms with van der Waals surface area (Å²) in [6.45, 7) is 14.8. The van der Waals surface area contributed by atoms with Gasteiger partial charge in [0.05, 0.1) is 5.41 Å².